The minimum absolute atomic E-state index is 0.182. The zero-order chi connectivity index (χ0) is 23.0. The van der Waals surface area contributed by atoms with Crippen molar-refractivity contribution in [2.24, 2.45) is 11.0 Å². The van der Waals surface area contributed by atoms with E-state index < -0.39 is 34.5 Å². The Bertz CT molecular complexity index is 1000. The van der Waals surface area contributed by atoms with Crippen molar-refractivity contribution in [2.45, 2.75) is 44.0 Å². The predicted molar refractivity (Wildman–Crippen MR) is 130 cm³/mol. The van der Waals surface area contributed by atoms with Crippen molar-refractivity contribution in [2.75, 3.05) is 10.7 Å². The van der Waals surface area contributed by atoms with Crippen LogP contribution in [-0.2, 0) is 37.0 Å². The SMILES string of the molecule is CS(=O)(=O)O[C@@H]1[C@@H](CI)C[C@H](N=[N+]=[N-])[C@H](OCc2ccccc2)[C@H]1OCc1ccccc1. The molecule has 1 aliphatic rings. The molecule has 0 heterocycles. The van der Waals surface area contributed by atoms with Crippen molar-refractivity contribution in [1.29, 1.82) is 0 Å². The quantitative estimate of drug-likeness (QED) is 0.103. The number of benzene rings is 2. The zero-order valence-corrected chi connectivity index (χ0v) is 20.6. The van der Waals surface area contributed by atoms with Gasteiger partial charge >= 0.3 is 0 Å². The molecular formula is C22H26IN3O5S. The fourth-order valence-electron chi connectivity index (χ4n) is 3.85. The molecule has 0 aromatic heterocycles. The molecular weight excluding hydrogens is 545 g/mol. The van der Waals surface area contributed by atoms with E-state index in [0.717, 1.165) is 17.4 Å². The summed E-state index contributed by atoms with van der Waals surface area (Å²) in [5, 5.41) is 3.98. The van der Waals surface area contributed by atoms with Gasteiger partial charge in [-0.15, -0.1) is 0 Å². The van der Waals surface area contributed by atoms with E-state index >= 15 is 0 Å². The Morgan fingerprint density at radius 3 is 1.97 bits per heavy atom. The standard InChI is InChI=1S/C22H26IN3O5S/c1-32(27,28)31-20-18(13-23)12-19(25-26-24)21(29-14-16-8-4-2-5-9-16)22(20)30-15-17-10-6-3-7-11-17/h2-11,18-22H,12-15H2,1H3/t18-,19+,20-,21+,22+/m1/s1. The normalized spacial score (nSPS) is 25.8. The summed E-state index contributed by atoms with van der Waals surface area (Å²) in [5.41, 5.74) is 11.0. The van der Waals surface area contributed by atoms with Gasteiger partial charge in [-0.05, 0) is 29.0 Å². The first kappa shape index (κ1) is 24.9. The number of hydrogen-bond acceptors (Lipinski definition) is 6. The third-order valence-electron chi connectivity index (χ3n) is 5.29. The van der Waals surface area contributed by atoms with Crippen molar-refractivity contribution in [1.82, 2.24) is 0 Å². The minimum Gasteiger partial charge on any atom is -0.370 e. The molecule has 0 spiro atoms. The lowest BCUT2D eigenvalue weighted by molar-refractivity contribution is -0.162. The van der Waals surface area contributed by atoms with E-state index in [9.17, 15) is 8.42 Å². The van der Waals surface area contributed by atoms with Gasteiger partial charge in [-0.1, -0.05) is 88.4 Å². The van der Waals surface area contributed by atoms with Crippen LogP contribution in [0.4, 0.5) is 0 Å². The van der Waals surface area contributed by atoms with Gasteiger partial charge < -0.3 is 9.47 Å². The predicted octanol–water partition coefficient (Wildman–Crippen LogP) is 4.64. The van der Waals surface area contributed by atoms with E-state index in [-0.39, 0.29) is 19.1 Å². The molecule has 0 amide bonds. The molecule has 0 bridgehead atoms. The Hall–Kier alpha value is -1.69. The maximum atomic E-state index is 12.1. The summed E-state index contributed by atoms with van der Waals surface area (Å²) in [4.78, 5) is 3.01. The van der Waals surface area contributed by atoms with Gasteiger partial charge in [0.15, 0.2) is 0 Å². The molecule has 3 rings (SSSR count). The number of ether oxygens (including phenoxy) is 2. The van der Waals surface area contributed by atoms with E-state index in [1.807, 2.05) is 60.7 Å². The second-order valence-electron chi connectivity index (χ2n) is 7.71. The molecule has 0 N–H and O–H groups in total. The minimum atomic E-state index is -3.75. The lowest BCUT2D eigenvalue weighted by Gasteiger charge is -2.44. The third kappa shape index (κ3) is 7.16. The average Bonchev–Trinajstić information content (AvgIpc) is 2.78. The highest BCUT2D eigenvalue weighted by Gasteiger charge is 2.48. The molecule has 1 saturated carbocycles. The maximum absolute atomic E-state index is 12.1. The molecule has 0 radical (unpaired) electrons. The summed E-state index contributed by atoms with van der Waals surface area (Å²) >= 11 is 2.19. The van der Waals surface area contributed by atoms with Crippen LogP contribution < -0.4 is 0 Å². The van der Waals surface area contributed by atoms with E-state index in [0.29, 0.717) is 10.8 Å². The number of alkyl halides is 1. The van der Waals surface area contributed by atoms with Gasteiger partial charge in [0.2, 0.25) is 0 Å². The molecule has 172 valence electrons. The maximum Gasteiger partial charge on any atom is 0.264 e. The smallest absolute Gasteiger partial charge is 0.264 e. The average molecular weight is 571 g/mol. The summed E-state index contributed by atoms with van der Waals surface area (Å²) in [5.74, 6) is -0.182. The number of halogens is 1. The first-order valence-corrected chi connectivity index (χ1v) is 13.5. The van der Waals surface area contributed by atoms with Crippen LogP contribution in [0.1, 0.15) is 17.5 Å². The lowest BCUT2D eigenvalue weighted by Crippen LogP contribution is -2.56. The fourth-order valence-corrected chi connectivity index (χ4v) is 5.38. The number of nitrogens with zero attached hydrogens (tertiary/aromatic N) is 3. The van der Waals surface area contributed by atoms with E-state index in [4.69, 9.17) is 19.2 Å². The van der Waals surface area contributed by atoms with Crippen LogP contribution in [0.2, 0.25) is 0 Å². The van der Waals surface area contributed by atoms with Gasteiger partial charge in [0.05, 0.1) is 31.6 Å². The van der Waals surface area contributed by atoms with Gasteiger partial charge in [0, 0.05) is 9.34 Å². The third-order valence-corrected chi connectivity index (χ3v) is 6.99. The van der Waals surface area contributed by atoms with Crippen LogP contribution >= 0.6 is 22.6 Å². The van der Waals surface area contributed by atoms with Crippen LogP contribution in [0.3, 0.4) is 0 Å². The first-order valence-electron chi connectivity index (χ1n) is 10.2. The van der Waals surface area contributed by atoms with Crippen LogP contribution in [0, 0.1) is 5.92 Å². The molecule has 0 aliphatic heterocycles. The Kier molecular flexibility index (Phi) is 9.33. The molecule has 8 nitrogen and oxygen atoms in total. The number of hydrogen-bond donors (Lipinski definition) is 0. The molecule has 5 atom stereocenters. The van der Waals surface area contributed by atoms with E-state index in [1.54, 1.807) is 0 Å². The van der Waals surface area contributed by atoms with Gasteiger partial charge in [-0.25, -0.2) is 0 Å². The summed E-state index contributed by atoms with van der Waals surface area (Å²) in [6, 6.07) is 18.7. The van der Waals surface area contributed by atoms with Crippen LogP contribution in [0.15, 0.2) is 65.8 Å². The van der Waals surface area contributed by atoms with Crippen LogP contribution in [-0.4, -0.2) is 43.5 Å². The Balaban J connectivity index is 1.91. The molecule has 0 saturated heterocycles. The van der Waals surface area contributed by atoms with Crippen LogP contribution in [0.25, 0.3) is 10.4 Å². The van der Waals surface area contributed by atoms with Crippen molar-refractivity contribution in [3.63, 3.8) is 0 Å². The van der Waals surface area contributed by atoms with Gasteiger partial charge in [-0.3, -0.25) is 4.18 Å². The molecule has 1 fully saturated rings. The fraction of sp³-hybridized carbons (Fsp3) is 0.455. The highest BCUT2D eigenvalue weighted by atomic mass is 127. The molecule has 0 unspecified atom stereocenters. The second kappa shape index (κ2) is 12.0. The first-order chi connectivity index (χ1) is 15.4. The summed E-state index contributed by atoms with van der Waals surface area (Å²) in [7, 11) is -3.75. The molecule has 1 aliphatic carbocycles. The topological polar surface area (TPSA) is 111 Å². The van der Waals surface area contributed by atoms with E-state index in [1.165, 1.54) is 0 Å². The summed E-state index contributed by atoms with van der Waals surface area (Å²) in [6.07, 6.45) is -0.683. The summed E-state index contributed by atoms with van der Waals surface area (Å²) < 4.78 is 42.7. The van der Waals surface area contributed by atoms with Gasteiger partial charge in [0.1, 0.15) is 12.2 Å². The summed E-state index contributed by atoms with van der Waals surface area (Å²) in [6.45, 7) is 0.520. The van der Waals surface area contributed by atoms with Crippen molar-refractivity contribution in [3.05, 3.63) is 82.2 Å². The Morgan fingerprint density at radius 1 is 0.969 bits per heavy atom. The van der Waals surface area contributed by atoms with Gasteiger partial charge in [-0.2, -0.15) is 8.42 Å². The highest BCUT2D eigenvalue weighted by molar-refractivity contribution is 14.1. The second-order valence-corrected chi connectivity index (χ2v) is 10.2. The Morgan fingerprint density at radius 2 is 1.50 bits per heavy atom. The Labute approximate surface area is 202 Å². The number of azide groups is 1. The van der Waals surface area contributed by atoms with Crippen molar-refractivity contribution < 1.29 is 22.1 Å². The molecule has 10 heteroatoms. The largest absolute Gasteiger partial charge is 0.370 e. The molecule has 2 aromatic rings. The van der Waals surface area contributed by atoms with Crippen LogP contribution in [0.5, 0.6) is 0 Å². The monoisotopic (exact) mass is 571 g/mol. The number of rotatable bonds is 10. The zero-order valence-electron chi connectivity index (χ0n) is 17.7. The van der Waals surface area contributed by atoms with Crippen molar-refractivity contribution in [3.8, 4) is 0 Å². The molecule has 32 heavy (non-hydrogen) atoms. The van der Waals surface area contributed by atoms with Crippen molar-refractivity contribution >= 4 is 32.7 Å². The molecule has 2 aromatic carbocycles. The lowest BCUT2D eigenvalue weighted by atomic mass is 9.80. The van der Waals surface area contributed by atoms with E-state index in [2.05, 4.69) is 32.6 Å². The highest BCUT2D eigenvalue weighted by Crippen LogP contribution is 2.36. The van der Waals surface area contributed by atoms with Gasteiger partial charge in [0.25, 0.3) is 10.1 Å².